The maximum Gasteiger partial charge on any atom is 0.417 e. The minimum absolute atomic E-state index is 0.165. The Morgan fingerprint density at radius 3 is 2.88 bits per heavy atom. The predicted octanol–water partition coefficient (Wildman–Crippen LogP) is 5.09. The number of fused-ring (bicyclic) bond motifs is 1. The summed E-state index contributed by atoms with van der Waals surface area (Å²) in [5.41, 5.74) is 3.54. The monoisotopic (exact) mass is 447 g/mol. The molecule has 8 nitrogen and oxygen atoms in total. The molecule has 3 aromatic rings. The molecule has 0 bridgehead atoms. The summed E-state index contributed by atoms with van der Waals surface area (Å²) >= 11 is 0. The summed E-state index contributed by atoms with van der Waals surface area (Å²) in [4.78, 5) is 19.0. The van der Waals surface area contributed by atoms with Gasteiger partial charge in [0, 0.05) is 17.5 Å². The summed E-state index contributed by atoms with van der Waals surface area (Å²) in [6.45, 7) is 9.45. The van der Waals surface area contributed by atoms with Crippen molar-refractivity contribution in [2.75, 3.05) is 11.4 Å². The minimum atomic E-state index is -0.519. The number of hydrogen-bond donors (Lipinski definition) is 0. The lowest BCUT2D eigenvalue weighted by atomic mass is 9.78. The van der Waals surface area contributed by atoms with Crippen LogP contribution >= 0.6 is 0 Å². The summed E-state index contributed by atoms with van der Waals surface area (Å²) < 4.78 is 13.8. The van der Waals surface area contributed by atoms with E-state index < -0.39 is 5.60 Å². The largest absolute Gasteiger partial charge is 0.441 e. The third-order valence-corrected chi connectivity index (χ3v) is 6.94. The fourth-order valence-electron chi connectivity index (χ4n) is 5.44. The first-order valence-corrected chi connectivity index (χ1v) is 11.5. The average Bonchev–Trinajstić information content (AvgIpc) is 3.43. The molecular formula is C25H29N5O3. The molecule has 2 aromatic heterocycles. The summed E-state index contributed by atoms with van der Waals surface area (Å²) in [6.07, 6.45) is 5.16. The predicted molar refractivity (Wildman–Crippen MR) is 123 cm³/mol. The molecule has 172 valence electrons. The Morgan fingerprint density at radius 1 is 1.33 bits per heavy atom. The quantitative estimate of drug-likeness (QED) is 0.555. The highest BCUT2D eigenvalue weighted by molar-refractivity contribution is 5.89. The number of nitriles is 1. The van der Waals surface area contributed by atoms with Gasteiger partial charge in [-0.15, -0.1) is 0 Å². The number of carbonyl (C=O) groups is 1. The lowest BCUT2D eigenvalue weighted by Gasteiger charge is -2.36. The molecule has 3 heterocycles. The van der Waals surface area contributed by atoms with Crippen molar-refractivity contribution in [2.24, 2.45) is 5.92 Å². The van der Waals surface area contributed by atoms with Crippen molar-refractivity contribution in [3.63, 3.8) is 0 Å². The van der Waals surface area contributed by atoms with Gasteiger partial charge in [-0.25, -0.2) is 14.7 Å². The first-order chi connectivity index (χ1) is 15.7. The maximum atomic E-state index is 12.9. The number of rotatable bonds is 3. The Hall–Kier alpha value is -3.34. The number of imidazole rings is 1. The molecule has 0 N–H and O–H groups in total. The molecule has 1 amide bonds. The number of aromatic nitrogens is 3. The fourth-order valence-corrected chi connectivity index (χ4v) is 5.44. The zero-order chi connectivity index (χ0) is 23.4. The molecule has 1 aliphatic carbocycles. The van der Waals surface area contributed by atoms with Crippen LogP contribution in [0.1, 0.15) is 63.3 Å². The second-order valence-electron chi connectivity index (χ2n) is 10.5. The lowest BCUT2D eigenvalue weighted by Crippen LogP contribution is -2.40. The topological polar surface area (TPSA) is 97.2 Å². The number of nitrogens with zero attached hydrogens (tertiary/aromatic N) is 5. The lowest BCUT2D eigenvalue weighted by molar-refractivity contribution is 0.00438. The van der Waals surface area contributed by atoms with E-state index in [1.807, 2.05) is 25.4 Å². The highest BCUT2D eigenvalue weighted by Gasteiger charge is 2.50. The Labute approximate surface area is 193 Å². The summed E-state index contributed by atoms with van der Waals surface area (Å²) in [6, 6.07) is 7.76. The van der Waals surface area contributed by atoms with Gasteiger partial charge in [-0.1, -0.05) is 25.9 Å². The molecule has 2 aliphatic rings. The van der Waals surface area contributed by atoms with Gasteiger partial charge in [0.2, 0.25) is 5.88 Å². The van der Waals surface area contributed by atoms with Crippen molar-refractivity contribution in [2.45, 2.75) is 70.9 Å². The van der Waals surface area contributed by atoms with Crippen molar-refractivity contribution in [3.8, 4) is 6.07 Å². The van der Waals surface area contributed by atoms with Crippen LogP contribution in [0.4, 0.5) is 10.7 Å². The standard InChI is InChI=1S/C25H29N5O3/c1-16-21(24(2,3)4)28-33-22(16)30-14-25(32-23(30)31)9-5-6-18(11-25)13-29-15-27-19-8-7-17(12-26)10-20(19)29/h7-8,10,15,18H,5-6,9,11,13-14H2,1-4H3/t18?,25-/m0/s1. The van der Waals surface area contributed by atoms with E-state index in [1.165, 1.54) is 0 Å². The van der Waals surface area contributed by atoms with Gasteiger partial charge in [0.1, 0.15) is 5.60 Å². The number of carbonyl (C=O) groups excluding carboxylic acids is 1. The van der Waals surface area contributed by atoms with E-state index in [0.717, 1.165) is 54.5 Å². The van der Waals surface area contributed by atoms with E-state index in [0.29, 0.717) is 23.9 Å². The summed E-state index contributed by atoms with van der Waals surface area (Å²) in [5.74, 6) is 0.837. The third kappa shape index (κ3) is 3.75. The average molecular weight is 448 g/mol. The van der Waals surface area contributed by atoms with E-state index in [1.54, 1.807) is 11.0 Å². The van der Waals surface area contributed by atoms with Crippen molar-refractivity contribution in [3.05, 3.63) is 41.3 Å². The van der Waals surface area contributed by atoms with E-state index >= 15 is 0 Å². The molecule has 1 saturated carbocycles. The van der Waals surface area contributed by atoms with Crippen LogP contribution in [0.25, 0.3) is 11.0 Å². The molecule has 0 radical (unpaired) electrons. The number of ether oxygens (including phenoxy) is 1. The highest BCUT2D eigenvalue weighted by atomic mass is 16.6. The molecule has 2 atom stereocenters. The van der Waals surface area contributed by atoms with Crippen molar-refractivity contribution < 1.29 is 14.1 Å². The van der Waals surface area contributed by atoms with Crippen LogP contribution in [0.2, 0.25) is 0 Å². The van der Waals surface area contributed by atoms with Gasteiger partial charge in [0.25, 0.3) is 0 Å². The zero-order valence-corrected chi connectivity index (χ0v) is 19.6. The van der Waals surface area contributed by atoms with Crippen LogP contribution in [0, 0.1) is 24.2 Å². The highest BCUT2D eigenvalue weighted by Crippen LogP contribution is 2.43. The van der Waals surface area contributed by atoms with Gasteiger partial charge in [0.15, 0.2) is 0 Å². The first-order valence-electron chi connectivity index (χ1n) is 11.5. The fraction of sp³-hybridized carbons (Fsp3) is 0.520. The molecule has 1 saturated heterocycles. The second-order valence-corrected chi connectivity index (χ2v) is 10.5. The van der Waals surface area contributed by atoms with Gasteiger partial charge >= 0.3 is 6.09 Å². The van der Waals surface area contributed by atoms with Gasteiger partial charge in [-0.2, -0.15) is 5.26 Å². The van der Waals surface area contributed by atoms with Crippen LogP contribution < -0.4 is 4.90 Å². The van der Waals surface area contributed by atoms with Gasteiger partial charge in [-0.3, -0.25) is 0 Å². The zero-order valence-electron chi connectivity index (χ0n) is 19.6. The van der Waals surface area contributed by atoms with Gasteiger partial charge in [-0.05, 0) is 56.7 Å². The SMILES string of the molecule is Cc1c(C(C)(C)C)noc1N1C[C@@]2(CCCC(Cn3cnc4ccc(C#N)cc43)C2)OC1=O. The summed E-state index contributed by atoms with van der Waals surface area (Å²) in [7, 11) is 0. The summed E-state index contributed by atoms with van der Waals surface area (Å²) in [5, 5.41) is 13.5. The van der Waals surface area contributed by atoms with E-state index in [-0.39, 0.29) is 11.5 Å². The molecule has 33 heavy (non-hydrogen) atoms. The molecular weight excluding hydrogens is 418 g/mol. The van der Waals surface area contributed by atoms with E-state index in [2.05, 4.69) is 41.5 Å². The first kappa shape index (κ1) is 21.5. The smallest absolute Gasteiger partial charge is 0.417 e. The van der Waals surface area contributed by atoms with E-state index in [9.17, 15) is 10.1 Å². The Morgan fingerprint density at radius 2 is 2.15 bits per heavy atom. The molecule has 1 spiro atoms. The number of anilines is 1. The normalized spacial score (nSPS) is 23.3. The Balaban J connectivity index is 1.35. The number of amides is 1. The van der Waals surface area contributed by atoms with E-state index in [4.69, 9.17) is 9.26 Å². The third-order valence-electron chi connectivity index (χ3n) is 6.94. The maximum absolute atomic E-state index is 12.9. The second kappa shape index (κ2) is 7.62. The van der Waals surface area contributed by atoms with Crippen LogP contribution in [-0.2, 0) is 16.7 Å². The molecule has 1 unspecified atom stereocenters. The van der Waals surface area contributed by atoms with Crippen LogP contribution in [0.5, 0.6) is 0 Å². The molecule has 5 rings (SSSR count). The van der Waals surface area contributed by atoms with Gasteiger partial charge < -0.3 is 13.8 Å². The minimum Gasteiger partial charge on any atom is -0.441 e. The van der Waals surface area contributed by atoms with Crippen molar-refractivity contribution >= 4 is 23.0 Å². The van der Waals surface area contributed by atoms with Crippen LogP contribution in [0.3, 0.4) is 0 Å². The van der Waals surface area contributed by atoms with Crippen LogP contribution in [0.15, 0.2) is 29.0 Å². The number of hydrogen-bond acceptors (Lipinski definition) is 6. The van der Waals surface area contributed by atoms with Crippen molar-refractivity contribution in [1.82, 2.24) is 14.7 Å². The Bertz CT molecular complexity index is 1260. The van der Waals surface area contributed by atoms with Crippen LogP contribution in [-0.4, -0.2) is 32.9 Å². The Kier molecular flexibility index (Phi) is 4.96. The van der Waals surface area contributed by atoms with Gasteiger partial charge in [0.05, 0.1) is 41.2 Å². The molecule has 1 aromatic carbocycles. The molecule has 1 aliphatic heterocycles. The molecule has 8 heteroatoms. The van der Waals surface area contributed by atoms with Crippen molar-refractivity contribution in [1.29, 1.82) is 5.26 Å². The number of benzene rings is 1. The molecule has 2 fully saturated rings.